The van der Waals surface area contributed by atoms with E-state index in [0.29, 0.717) is 0 Å². The molecule has 0 unspecified atom stereocenters. The van der Waals surface area contributed by atoms with Crippen LogP contribution < -0.4 is 4.90 Å². The molecule has 0 aromatic carbocycles. The molecule has 2 nitrogen and oxygen atoms in total. The number of aromatic nitrogens is 1. The van der Waals surface area contributed by atoms with Crippen LogP contribution in [0, 0.1) is 5.92 Å². The Hall–Kier alpha value is -0.570. The molecule has 1 saturated carbocycles. The average molecular weight is 269 g/mol. The molecule has 0 amide bonds. The maximum Gasteiger partial charge on any atom is 0.142 e. The predicted molar refractivity (Wildman–Crippen MR) is 67.2 cm³/mol. The minimum Gasteiger partial charge on any atom is -0.358 e. The van der Waals surface area contributed by atoms with Gasteiger partial charge in [-0.05, 0) is 46.8 Å². The third kappa shape index (κ3) is 2.71. The first kappa shape index (κ1) is 10.9. The zero-order valence-corrected chi connectivity index (χ0v) is 10.7. The first-order valence-corrected chi connectivity index (χ1v) is 6.38. The highest BCUT2D eigenvalue weighted by Crippen LogP contribution is 2.28. The summed E-state index contributed by atoms with van der Waals surface area (Å²) < 4.78 is 1.09. The highest BCUT2D eigenvalue weighted by Gasteiger charge is 2.18. The minimum atomic E-state index is 0.865. The monoisotopic (exact) mass is 268 g/mol. The van der Waals surface area contributed by atoms with Crippen molar-refractivity contribution >= 4 is 21.7 Å². The van der Waals surface area contributed by atoms with Gasteiger partial charge in [0.2, 0.25) is 0 Å². The summed E-state index contributed by atoms with van der Waals surface area (Å²) in [6, 6.07) is 4.00. The maximum atomic E-state index is 4.40. The van der Waals surface area contributed by atoms with Crippen molar-refractivity contribution in [3.8, 4) is 0 Å². The van der Waals surface area contributed by atoms with Crippen LogP contribution in [0.5, 0.6) is 0 Å². The lowest BCUT2D eigenvalue weighted by Gasteiger charge is -2.22. The highest BCUT2D eigenvalue weighted by molar-refractivity contribution is 9.10. The van der Waals surface area contributed by atoms with Gasteiger partial charge >= 0.3 is 0 Å². The Kier molecular flexibility index (Phi) is 3.62. The van der Waals surface area contributed by atoms with E-state index in [1.165, 1.54) is 25.7 Å². The number of rotatable bonds is 3. The summed E-state index contributed by atoms with van der Waals surface area (Å²) in [5, 5.41) is 0. The molecule has 0 spiro atoms. The first-order valence-electron chi connectivity index (χ1n) is 5.59. The summed E-state index contributed by atoms with van der Waals surface area (Å²) in [6.07, 6.45) is 7.43. The molecule has 1 aromatic rings. The molecule has 3 heteroatoms. The molecule has 82 valence electrons. The van der Waals surface area contributed by atoms with Crippen molar-refractivity contribution in [3.63, 3.8) is 0 Å². The Balaban J connectivity index is 2.00. The Morgan fingerprint density at radius 1 is 1.47 bits per heavy atom. The first-order chi connectivity index (χ1) is 7.27. The van der Waals surface area contributed by atoms with Crippen LogP contribution in [0.15, 0.2) is 22.8 Å². The molecule has 15 heavy (non-hydrogen) atoms. The van der Waals surface area contributed by atoms with Gasteiger partial charge in [0.25, 0.3) is 0 Å². The molecule has 0 atom stereocenters. The number of hydrogen-bond donors (Lipinski definition) is 0. The number of anilines is 1. The SMILES string of the molecule is CN(CC1CCCC1)c1ncccc1Br. The van der Waals surface area contributed by atoms with E-state index in [1.807, 2.05) is 18.3 Å². The molecule has 1 aliphatic carbocycles. The van der Waals surface area contributed by atoms with Gasteiger partial charge in [-0.25, -0.2) is 4.98 Å². The Morgan fingerprint density at radius 3 is 2.87 bits per heavy atom. The lowest BCUT2D eigenvalue weighted by molar-refractivity contribution is 0.544. The molecule has 0 aliphatic heterocycles. The van der Waals surface area contributed by atoms with E-state index in [0.717, 1.165) is 22.8 Å². The van der Waals surface area contributed by atoms with Gasteiger partial charge in [0.05, 0.1) is 4.47 Å². The molecule has 0 N–H and O–H groups in total. The largest absolute Gasteiger partial charge is 0.358 e. The maximum absolute atomic E-state index is 4.40. The number of nitrogens with zero attached hydrogens (tertiary/aromatic N) is 2. The number of hydrogen-bond acceptors (Lipinski definition) is 2. The van der Waals surface area contributed by atoms with Crippen LogP contribution in [0.2, 0.25) is 0 Å². The third-order valence-corrected chi connectivity index (χ3v) is 3.73. The Morgan fingerprint density at radius 2 is 2.20 bits per heavy atom. The van der Waals surface area contributed by atoms with Gasteiger partial charge in [-0.1, -0.05) is 12.8 Å². The van der Waals surface area contributed by atoms with Gasteiger partial charge in [0, 0.05) is 19.8 Å². The van der Waals surface area contributed by atoms with Crippen molar-refractivity contribution in [1.29, 1.82) is 0 Å². The number of pyridine rings is 1. The fraction of sp³-hybridized carbons (Fsp3) is 0.583. The van der Waals surface area contributed by atoms with Gasteiger partial charge in [-0.3, -0.25) is 0 Å². The van der Waals surface area contributed by atoms with Crippen molar-refractivity contribution < 1.29 is 0 Å². The van der Waals surface area contributed by atoms with Crippen LogP contribution >= 0.6 is 15.9 Å². The van der Waals surface area contributed by atoms with Gasteiger partial charge in [0.1, 0.15) is 5.82 Å². The fourth-order valence-corrected chi connectivity index (χ4v) is 2.88. The predicted octanol–water partition coefficient (Wildman–Crippen LogP) is 3.47. The van der Waals surface area contributed by atoms with Crippen molar-refractivity contribution in [2.45, 2.75) is 25.7 Å². The zero-order chi connectivity index (χ0) is 10.7. The third-order valence-electron chi connectivity index (χ3n) is 3.11. The van der Waals surface area contributed by atoms with E-state index in [1.54, 1.807) is 0 Å². The molecule has 0 bridgehead atoms. The van der Waals surface area contributed by atoms with Crippen LogP contribution in [0.4, 0.5) is 5.82 Å². The van der Waals surface area contributed by atoms with Crippen molar-refractivity contribution in [2.24, 2.45) is 5.92 Å². The van der Waals surface area contributed by atoms with Crippen LogP contribution in [0.3, 0.4) is 0 Å². The van der Waals surface area contributed by atoms with E-state index in [9.17, 15) is 0 Å². The summed E-state index contributed by atoms with van der Waals surface area (Å²) >= 11 is 3.54. The molecule has 2 rings (SSSR count). The Bertz CT molecular complexity index is 321. The minimum absolute atomic E-state index is 0.865. The van der Waals surface area contributed by atoms with E-state index >= 15 is 0 Å². The van der Waals surface area contributed by atoms with Crippen molar-refractivity contribution in [2.75, 3.05) is 18.5 Å². The lowest BCUT2D eigenvalue weighted by Crippen LogP contribution is -2.25. The normalized spacial score (nSPS) is 16.9. The summed E-state index contributed by atoms with van der Waals surface area (Å²) in [5.74, 6) is 1.92. The van der Waals surface area contributed by atoms with E-state index in [2.05, 4.69) is 32.9 Å². The molecule has 1 aromatic heterocycles. The lowest BCUT2D eigenvalue weighted by atomic mass is 10.1. The van der Waals surface area contributed by atoms with E-state index in [-0.39, 0.29) is 0 Å². The van der Waals surface area contributed by atoms with Crippen LogP contribution in [0.1, 0.15) is 25.7 Å². The van der Waals surface area contributed by atoms with Crippen LogP contribution in [-0.4, -0.2) is 18.6 Å². The molecule has 1 aliphatic rings. The van der Waals surface area contributed by atoms with Gasteiger partial charge < -0.3 is 4.90 Å². The summed E-state index contributed by atoms with van der Waals surface area (Å²) in [5.41, 5.74) is 0. The molecule has 1 heterocycles. The second-order valence-corrected chi connectivity index (χ2v) is 5.19. The molecular weight excluding hydrogens is 252 g/mol. The quantitative estimate of drug-likeness (QED) is 0.835. The summed E-state index contributed by atoms with van der Waals surface area (Å²) in [4.78, 5) is 6.66. The highest BCUT2D eigenvalue weighted by atomic mass is 79.9. The van der Waals surface area contributed by atoms with Gasteiger partial charge in [-0.15, -0.1) is 0 Å². The molecular formula is C12H17BrN2. The fourth-order valence-electron chi connectivity index (χ4n) is 2.32. The van der Waals surface area contributed by atoms with Crippen LogP contribution in [-0.2, 0) is 0 Å². The van der Waals surface area contributed by atoms with Gasteiger partial charge in [-0.2, -0.15) is 0 Å². The summed E-state index contributed by atoms with van der Waals surface area (Å²) in [7, 11) is 2.13. The van der Waals surface area contributed by atoms with E-state index in [4.69, 9.17) is 0 Å². The Labute approximate surface area is 99.8 Å². The zero-order valence-electron chi connectivity index (χ0n) is 9.12. The number of halogens is 1. The average Bonchev–Trinajstić information content (AvgIpc) is 2.71. The standard InChI is InChI=1S/C12H17BrN2/c1-15(9-10-5-2-3-6-10)12-11(13)7-4-8-14-12/h4,7-8,10H,2-3,5-6,9H2,1H3. The topological polar surface area (TPSA) is 16.1 Å². The summed E-state index contributed by atoms with van der Waals surface area (Å²) in [6.45, 7) is 1.13. The van der Waals surface area contributed by atoms with Crippen LogP contribution in [0.25, 0.3) is 0 Å². The second-order valence-electron chi connectivity index (χ2n) is 4.34. The van der Waals surface area contributed by atoms with Crippen molar-refractivity contribution in [1.82, 2.24) is 4.98 Å². The van der Waals surface area contributed by atoms with Gasteiger partial charge in [0.15, 0.2) is 0 Å². The van der Waals surface area contributed by atoms with E-state index < -0.39 is 0 Å². The second kappa shape index (κ2) is 4.97. The molecule has 1 fully saturated rings. The molecule has 0 radical (unpaired) electrons. The van der Waals surface area contributed by atoms with Crippen molar-refractivity contribution in [3.05, 3.63) is 22.8 Å². The smallest absolute Gasteiger partial charge is 0.142 e. The molecule has 0 saturated heterocycles.